The third-order valence-electron chi connectivity index (χ3n) is 3.21. The number of aromatic nitrogens is 1. The Bertz CT molecular complexity index is 327. The zero-order chi connectivity index (χ0) is 10.2. The van der Waals surface area contributed by atoms with Crippen molar-refractivity contribution in [1.82, 2.24) is 4.98 Å². The van der Waals surface area contributed by atoms with Gasteiger partial charge in [0.25, 0.3) is 0 Å². The van der Waals surface area contributed by atoms with Crippen LogP contribution in [0, 0.1) is 0 Å². The molecule has 0 aliphatic heterocycles. The van der Waals surface area contributed by atoms with Gasteiger partial charge in [0, 0.05) is 18.2 Å². The van der Waals surface area contributed by atoms with E-state index in [4.69, 9.17) is 5.73 Å². The Morgan fingerprint density at radius 2 is 2.21 bits per heavy atom. The molecule has 1 aliphatic rings. The minimum Gasteiger partial charge on any atom is -0.330 e. The SMILES string of the molecule is CC(C)c1cccnc1C1(CN)CC1. The summed E-state index contributed by atoms with van der Waals surface area (Å²) in [6.45, 7) is 5.17. The van der Waals surface area contributed by atoms with E-state index in [0.717, 1.165) is 6.54 Å². The standard InChI is InChI=1S/C12H18N2/c1-9(2)10-4-3-7-14-11(10)12(8-13)5-6-12/h3-4,7,9H,5-6,8,13H2,1-2H3. The van der Waals surface area contributed by atoms with Crippen LogP contribution in [0.3, 0.4) is 0 Å². The van der Waals surface area contributed by atoms with Crippen molar-refractivity contribution in [1.29, 1.82) is 0 Å². The summed E-state index contributed by atoms with van der Waals surface area (Å²) < 4.78 is 0. The molecule has 2 N–H and O–H groups in total. The van der Waals surface area contributed by atoms with Gasteiger partial charge in [-0.25, -0.2) is 0 Å². The number of hydrogen-bond acceptors (Lipinski definition) is 2. The largest absolute Gasteiger partial charge is 0.330 e. The van der Waals surface area contributed by atoms with Crippen LogP contribution < -0.4 is 5.73 Å². The molecule has 0 aromatic carbocycles. The van der Waals surface area contributed by atoms with Gasteiger partial charge in [-0.05, 0) is 30.4 Å². The third kappa shape index (κ3) is 1.44. The quantitative estimate of drug-likeness (QED) is 0.793. The predicted molar refractivity (Wildman–Crippen MR) is 58.3 cm³/mol. The molecule has 2 nitrogen and oxygen atoms in total. The second-order valence-electron chi connectivity index (χ2n) is 4.58. The minimum absolute atomic E-state index is 0.223. The maximum atomic E-state index is 5.83. The molecule has 1 aliphatic carbocycles. The molecule has 2 heteroatoms. The van der Waals surface area contributed by atoms with Crippen molar-refractivity contribution in [3.8, 4) is 0 Å². The Labute approximate surface area is 85.5 Å². The van der Waals surface area contributed by atoms with E-state index >= 15 is 0 Å². The van der Waals surface area contributed by atoms with Gasteiger partial charge in [-0.2, -0.15) is 0 Å². The van der Waals surface area contributed by atoms with E-state index in [2.05, 4.69) is 24.9 Å². The van der Waals surface area contributed by atoms with Crippen molar-refractivity contribution in [3.05, 3.63) is 29.6 Å². The molecule has 0 radical (unpaired) electrons. The number of nitrogens with two attached hydrogens (primary N) is 1. The maximum absolute atomic E-state index is 5.83. The third-order valence-corrected chi connectivity index (χ3v) is 3.21. The van der Waals surface area contributed by atoms with Crippen LogP contribution in [0.25, 0.3) is 0 Å². The Balaban J connectivity index is 2.42. The Morgan fingerprint density at radius 1 is 1.50 bits per heavy atom. The van der Waals surface area contributed by atoms with E-state index < -0.39 is 0 Å². The van der Waals surface area contributed by atoms with E-state index in [1.54, 1.807) is 0 Å². The predicted octanol–water partition coefficient (Wildman–Crippen LogP) is 2.20. The zero-order valence-electron chi connectivity index (χ0n) is 8.96. The summed E-state index contributed by atoms with van der Waals surface area (Å²) in [7, 11) is 0. The summed E-state index contributed by atoms with van der Waals surface area (Å²) >= 11 is 0. The van der Waals surface area contributed by atoms with E-state index in [-0.39, 0.29) is 5.41 Å². The van der Waals surface area contributed by atoms with Gasteiger partial charge >= 0.3 is 0 Å². The first kappa shape index (κ1) is 9.66. The van der Waals surface area contributed by atoms with Crippen LogP contribution in [0.4, 0.5) is 0 Å². The summed E-state index contributed by atoms with van der Waals surface area (Å²) in [5.74, 6) is 0.544. The summed E-state index contributed by atoms with van der Waals surface area (Å²) in [5.41, 5.74) is 8.67. The molecule has 0 spiro atoms. The molecule has 0 atom stereocenters. The number of hydrogen-bond donors (Lipinski definition) is 1. The van der Waals surface area contributed by atoms with Crippen LogP contribution >= 0.6 is 0 Å². The first-order valence-electron chi connectivity index (χ1n) is 5.35. The van der Waals surface area contributed by atoms with Crippen LogP contribution in [-0.4, -0.2) is 11.5 Å². The molecule has 1 fully saturated rings. The Kier molecular flexibility index (Phi) is 2.31. The Hall–Kier alpha value is -0.890. The summed E-state index contributed by atoms with van der Waals surface area (Å²) in [4.78, 5) is 4.52. The number of rotatable bonds is 3. The molecule has 1 saturated carbocycles. The summed E-state index contributed by atoms with van der Waals surface area (Å²) in [5, 5.41) is 0. The van der Waals surface area contributed by atoms with Crippen LogP contribution in [-0.2, 0) is 5.41 Å². The highest BCUT2D eigenvalue weighted by atomic mass is 14.8. The highest BCUT2D eigenvalue weighted by Gasteiger charge is 2.45. The smallest absolute Gasteiger partial charge is 0.0512 e. The monoisotopic (exact) mass is 190 g/mol. The van der Waals surface area contributed by atoms with Gasteiger partial charge < -0.3 is 5.73 Å². The van der Waals surface area contributed by atoms with Crippen molar-refractivity contribution in [2.24, 2.45) is 5.73 Å². The van der Waals surface area contributed by atoms with Gasteiger partial charge in [0.1, 0.15) is 0 Å². The fourth-order valence-corrected chi connectivity index (χ4v) is 2.02. The first-order chi connectivity index (χ1) is 6.69. The lowest BCUT2D eigenvalue weighted by molar-refractivity contribution is 0.654. The van der Waals surface area contributed by atoms with E-state index in [1.165, 1.54) is 24.1 Å². The molecule has 0 bridgehead atoms. The molecule has 76 valence electrons. The molecule has 2 rings (SSSR count). The van der Waals surface area contributed by atoms with Gasteiger partial charge in [0.2, 0.25) is 0 Å². The van der Waals surface area contributed by atoms with Crippen molar-refractivity contribution in [2.45, 2.75) is 38.0 Å². The molecular formula is C12H18N2. The lowest BCUT2D eigenvalue weighted by atomic mass is 9.91. The van der Waals surface area contributed by atoms with Gasteiger partial charge in [-0.15, -0.1) is 0 Å². The molecule has 1 heterocycles. The molecule has 1 aromatic heterocycles. The van der Waals surface area contributed by atoms with E-state index in [9.17, 15) is 0 Å². The van der Waals surface area contributed by atoms with E-state index in [1.807, 2.05) is 12.3 Å². The fraction of sp³-hybridized carbons (Fsp3) is 0.583. The van der Waals surface area contributed by atoms with Gasteiger partial charge in [-0.1, -0.05) is 19.9 Å². The van der Waals surface area contributed by atoms with Crippen molar-refractivity contribution < 1.29 is 0 Å². The number of pyridine rings is 1. The van der Waals surface area contributed by atoms with E-state index in [0.29, 0.717) is 5.92 Å². The average Bonchev–Trinajstić information content (AvgIpc) is 2.98. The molecule has 0 unspecified atom stereocenters. The van der Waals surface area contributed by atoms with Crippen LogP contribution in [0.5, 0.6) is 0 Å². The molecule has 0 amide bonds. The van der Waals surface area contributed by atoms with Crippen LogP contribution in [0.15, 0.2) is 18.3 Å². The first-order valence-corrected chi connectivity index (χ1v) is 5.35. The van der Waals surface area contributed by atoms with Crippen molar-refractivity contribution in [3.63, 3.8) is 0 Å². The highest BCUT2D eigenvalue weighted by molar-refractivity contribution is 5.35. The van der Waals surface area contributed by atoms with Crippen molar-refractivity contribution >= 4 is 0 Å². The summed E-state index contributed by atoms with van der Waals surface area (Å²) in [6.07, 6.45) is 4.30. The minimum atomic E-state index is 0.223. The normalized spacial score (nSPS) is 18.6. The molecular weight excluding hydrogens is 172 g/mol. The average molecular weight is 190 g/mol. The zero-order valence-corrected chi connectivity index (χ0v) is 8.96. The topological polar surface area (TPSA) is 38.9 Å². The van der Waals surface area contributed by atoms with Gasteiger partial charge in [0.15, 0.2) is 0 Å². The lowest BCUT2D eigenvalue weighted by Crippen LogP contribution is -2.23. The molecule has 1 aromatic rings. The van der Waals surface area contributed by atoms with Crippen molar-refractivity contribution in [2.75, 3.05) is 6.54 Å². The lowest BCUT2D eigenvalue weighted by Gasteiger charge is -2.18. The number of nitrogens with zero attached hydrogens (tertiary/aromatic N) is 1. The van der Waals surface area contributed by atoms with Gasteiger partial charge in [-0.3, -0.25) is 4.98 Å². The maximum Gasteiger partial charge on any atom is 0.0512 e. The molecule has 14 heavy (non-hydrogen) atoms. The van der Waals surface area contributed by atoms with Gasteiger partial charge in [0.05, 0.1) is 5.69 Å². The van der Waals surface area contributed by atoms with Crippen LogP contribution in [0.2, 0.25) is 0 Å². The Morgan fingerprint density at radius 3 is 2.71 bits per heavy atom. The second kappa shape index (κ2) is 3.35. The molecule has 0 saturated heterocycles. The fourth-order valence-electron chi connectivity index (χ4n) is 2.02. The second-order valence-corrected chi connectivity index (χ2v) is 4.58. The highest BCUT2D eigenvalue weighted by Crippen LogP contribution is 2.48. The summed E-state index contributed by atoms with van der Waals surface area (Å²) in [6, 6.07) is 4.20. The van der Waals surface area contributed by atoms with Crippen LogP contribution in [0.1, 0.15) is 43.9 Å².